The Balaban J connectivity index is 2.05. The van der Waals surface area contributed by atoms with Crippen molar-refractivity contribution in [3.05, 3.63) is 49.9 Å². The van der Waals surface area contributed by atoms with Gasteiger partial charge in [0.05, 0.1) is 12.1 Å². The van der Waals surface area contributed by atoms with Crippen LogP contribution in [-0.2, 0) is 13.0 Å². The van der Waals surface area contributed by atoms with E-state index in [9.17, 15) is 4.79 Å². The van der Waals surface area contributed by atoms with Crippen LogP contribution in [0.4, 0.5) is 0 Å². The van der Waals surface area contributed by atoms with Gasteiger partial charge in [-0.25, -0.2) is 4.98 Å². The molecule has 0 spiro atoms. The van der Waals surface area contributed by atoms with Gasteiger partial charge in [0.15, 0.2) is 0 Å². The minimum atomic E-state index is -0.246. The molecule has 0 aliphatic carbocycles. The molecule has 0 aliphatic heterocycles. The van der Waals surface area contributed by atoms with Gasteiger partial charge in [0.1, 0.15) is 10.3 Å². The maximum absolute atomic E-state index is 12.0. The maximum atomic E-state index is 12.0. The smallest absolute Gasteiger partial charge is 0.254 e. The molecule has 0 aliphatic rings. The van der Waals surface area contributed by atoms with E-state index < -0.39 is 0 Å². The zero-order valence-corrected chi connectivity index (χ0v) is 12.6. The van der Waals surface area contributed by atoms with Crippen molar-refractivity contribution in [1.29, 1.82) is 0 Å². The van der Waals surface area contributed by atoms with Crippen LogP contribution in [0.15, 0.2) is 23.6 Å². The number of halogens is 2. The summed E-state index contributed by atoms with van der Waals surface area (Å²) < 4.78 is 0. The predicted octanol–water partition coefficient (Wildman–Crippen LogP) is 3.94. The Morgan fingerprint density at radius 3 is 2.84 bits per heavy atom. The summed E-state index contributed by atoms with van der Waals surface area (Å²) in [6.07, 6.45) is 0.956. The molecule has 0 aromatic carbocycles. The largest absolute Gasteiger partial charge is 0.347 e. The lowest BCUT2D eigenvalue weighted by Crippen LogP contribution is -2.23. The molecule has 0 fully saturated rings. The first-order chi connectivity index (χ1) is 9.11. The molecule has 2 rings (SSSR count). The summed E-state index contributed by atoms with van der Waals surface area (Å²) in [6.45, 7) is 2.59. The molecule has 3 nitrogen and oxygen atoms in total. The summed E-state index contributed by atoms with van der Waals surface area (Å²) >= 11 is 13.2. The predicted molar refractivity (Wildman–Crippen MR) is 79.1 cm³/mol. The highest BCUT2D eigenvalue weighted by Crippen LogP contribution is 2.19. The summed E-state index contributed by atoms with van der Waals surface area (Å²) in [5.74, 6) is -0.246. The number of nitrogens with zero attached hydrogens (tertiary/aromatic N) is 1. The molecule has 1 amide bonds. The van der Waals surface area contributed by atoms with Crippen molar-refractivity contribution < 1.29 is 4.79 Å². The molecular formula is C13H12Cl2N2OS. The fourth-order valence-electron chi connectivity index (χ4n) is 1.67. The third kappa shape index (κ3) is 3.47. The zero-order valence-electron chi connectivity index (χ0n) is 10.2. The third-order valence-corrected chi connectivity index (χ3v) is 4.15. The first-order valence-electron chi connectivity index (χ1n) is 5.77. The average molecular weight is 315 g/mol. The summed E-state index contributed by atoms with van der Waals surface area (Å²) in [5.41, 5.74) is 1.59. The number of aromatic nitrogens is 1. The van der Waals surface area contributed by atoms with Gasteiger partial charge in [0.25, 0.3) is 5.91 Å². The second kappa shape index (κ2) is 6.37. The van der Waals surface area contributed by atoms with Crippen LogP contribution in [0.1, 0.15) is 27.7 Å². The quantitative estimate of drug-likeness (QED) is 0.868. The molecule has 1 N–H and O–H groups in total. The number of rotatable bonds is 4. The molecule has 0 saturated heterocycles. The van der Waals surface area contributed by atoms with Crippen LogP contribution < -0.4 is 5.32 Å². The molecule has 2 heterocycles. The van der Waals surface area contributed by atoms with E-state index in [2.05, 4.69) is 23.3 Å². The first-order valence-corrected chi connectivity index (χ1v) is 7.41. The van der Waals surface area contributed by atoms with Crippen LogP contribution in [0, 0.1) is 0 Å². The summed E-state index contributed by atoms with van der Waals surface area (Å²) in [6, 6.07) is 5.19. The highest BCUT2D eigenvalue weighted by atomic mass is 35.5. The van der Waals surface area contributed by atoms with Crippen molar-refractivity contribution in [3.8, 4) is 0 Å². The summed E-state index contributed by atoms with van der Waals surface area (Å²) in [4.78, 5) is 17.0. The fourth-order valence-corrected chi connectivity index (χ4v) is 3.02. The van der Waals surface area contributed by atoms with Crippen LogP contribution >= 0.6 is 34.5 Å². The Bertz CT molecular complexity index is 598. The standard InChI is InChI=1S/C13H12Cl2N2OS/c1-2-8-5-6-19-10(8)7-16-13(18)9-3-4-11(14)17-12(9)15/h3-6H,2,7H2,1H3,(H,16,18). The Labute approximate surface area is 125 Å². The zero-order chi connectivity index (χ0) is 13.8. The van der Waals surface area contributed by atoms with E-state index in [0.717, 1.165) is 11.3 Å². The summed E-state index contributed by atoms with van der Waals surface area (Å²) in [7, 11) is 0. The number of thiophene rings is 1. The van der Waals surface area contributed by atoms with Crippen molar-refractivity contribution in [2.75, 3.05) is 0 Å². The monoisotopic (exact) mass is 314 g/mol. The Morgan fingerprint density at radius 1 is 1.37 bits per heavy atom. The third-order valence-electron chi connectivity index (χ3n) is 2.69. The average Bonchev–Trinajstić information content (AvgIpc) is 2.83. The molecule has 0 bridgehead atoms. The van der Waals surface area contributed by atoms with Gasteiger partial charge < -0.3 is 5.32 Å². The van der Waals surface area contributed by atoms with E-state index in [1.807, 2.05) is 5.38 Å². The molecular weight excluding hydrogens is 303 g/mol. The van der Waals surface area contributed by atoms with Crippen molar-refractivity contribution in [3.63, 3.8) is 0 Å². The van der Waals surface area contributed by atoms with E-state index in [1.54, 1.807) is 23.5 Å². The number of carbonyl (C=O) groups excluding carboxylic acids is 1. The normalized spacial score (nSPS) is 10.5. The maximum Gasteiger partial charge on any atom is 0.254 e. The SMILES string of the molecule is CCc1ccsc1CNC(=O)c1ccc(Cl)nc1Cl. The van der Waals surface area contributed by atoms with Gasteiger partial charge in [0.2, 0.25) is 0 Å². The molecule has 2 aromatic rings. The Hall–Kier alpha value is -1.10. The van der Waals surface area contributed by atoms with Gasteiger partial charge in [-0.15, -0.1) is 11.3 Å². The number of amides is 1. The number of aryl methyl sites for hydroxylation is 1. The van der Waals surface area contributed by atoms with E-state index in [4.69, 9.17) is 23.2 Å². The molecule has 0 atom stereocenters. The van der Waals surface area contributed by atoms with Crippen molar-refractivity contribution in [1.82, 2.24) is 10.3 Å². The number of hydrogen-bond donors (Lipinski definition) is 1. The van der Waals surface area contributed by atoms with Crippen molar-refractivity contribution in [2.24, 2.45) is 0 Å². The van der Waals surface area contributed by atoms with Gasteiger partial charge in [-0.3, -0.25) is 4.79 Å². The first kappa shape index (κ1) is 14.3. The minimum Gasteiger partial charge on any atom is -0.347 e. The second-order valence-electron chi connectivity index (χ2n) is 3.88. The van der Waals surface area contributed by atoms with Crippen LogP contribution in [0.5, 0.6) is 0 Å². The van der Waals surface area contributed by atoms with Gasteiger partial charge in [-0.1, -0.05) is 30.1 Å². The Morgan fingerprint density at radius 2 is 2.16 bits per heavy atom. The van der Waals surface area contributed by atoms with Gasteiger partial charge in [-0.2, -0.15) is 0 Å². The molecule has 100 valence electrons. The van der Waals surface area contributed by atoms with E-state index in [0.29, 0.717) is 12.1 Å². The molecule has 6 heteroatoms. The fraction of sp³-hybridized carbons (Fsp3) is 0.231. The number of pyridine rings is 1. The second-order valence-corrected chi connectivity index (χ2v) is 5.62. The molecule has 0 saturated carbocycles. The van der Waals surface area contributed by atoms with Gasteiger partial charge in [0, 0.05) is 4.88 Å². The highest BCUT2D eigenvalue weighted by molar-refractivity contribution is 7.10. The van der Waals surface area contributed by atoms with E-state index in [1.165, 1.54) is 5.56 Å². The lowest BCUT2D eigenvalue weighted by Gasteiger charge is -2.06. The molecule has 0 radical (unpaired) electrons. The van der Waals surface area contributed by atoms with Crippen LogP contribution in [0.25, 0.3) is 0 Å². The topological polar surface area (TPSA) is 42.0 Å². The van der Waals surface area contributed by atoms with Crippen LogP contribution in [-0.4, -0.2) is 10.9 Å². The number of nitrogens with one attached hydrogen (secondary N) is 1. The molecule has 19 heavy (non-hydrogen) atoms. The van der Waals surface area contributed by atoms with Crippen LogP contribution in [0.2, 0.25) is 10.3 Å². The van der Waals surface area contributed by atoms with Gasteiger partial charge >= 0.3 is 0 Å². The number of hydrogen-bond acceptors (Lipinski definition) is 3. The van der Waals surface area contributed by atoms with E-state index in [-0.39, 0.29) is 16.2 Å². The van der Waals surface area contributed by atoms with E-state index >= 15 is 0 Å². The van der Waals surface area contributed by atoms with Crippen molar-refractivity contribution >= 4 is 40.4 Å². The lowest BCUT2D eigenvalue weighted by molar-refractivity contribution is 0.0951. The number of carbonyl (C=O) groups is 1. The molecule has 0 unspecified atom stereocenters. The van der Waals surface area contributed by atoms with Gasteiger partial charge in [-0.05, 0) is 35.6 Å². The summed E-state index contributed by atoms with van der Waals surface area (Å²) in [5, 5.41) is 5.25. The minimum absolute atomic E-state index is 0.117. The van der Waals surface area contributed by atoms with Crippen molar-refractivity contribution in [2.45, 2.75) is 19.9 Å². The van der Waals surface area contributed by atoms with Crippen LogP contribution in [0.3, 0.4) is 0 Å². The Kier molecular flexibility index (Phi) is 4.80. The lowest BCUT2D eigenvalue weighted by atomic mass is 10.2. The highest BCUT2D eigenvalue weighted by Gasteiger charge is 2.12. The molecule has 2 aromatic heterocycles.